The molecule has 0 N–H and O–H groups in total. The molecule has 2 aromatic rings. The summed E-state index contributed by atoms with van der Waals surface area (Å²) in [5, 5.41) is 0. The number of ketones is 1. The second-order valence-corrected chi connectivity index (χ2v) is 5.78. The maximum absolute atomic E-state index is 13.8. The van der Waals surface area contributed by atoms with Gasteiger partial charge < -0.3 is 0 Å². The van der Waals surface area contributed by atoms with Crippen LogP contribution in [0, 0.1) is 11.7 Å². The average Bonchev–Trinajstić information content (AvgIpc) is 2.70. The number of Topliss-reactive ketones (excluding diaryl/α,β-unsaturated/α-hetero) is 1. The summed E-state index contributed by atoms with van der Waals surface area (Å²) < 4.78 is 14.5. The van der Waals surface area contributed by atoms with E-state index < -0.39 is 0 Å². The van der Waals surface area contributed by atoms with Crippen LogP contribution in [0.4, 0.5) is 4.39 Å². The summed E-state index contributed by atoms with van der Waals surface area (Å²) >= 11 is 3.24. The molecule has 1 unspecified atom stereocenters. The van der Waals surface area contributed by atoms with Crippen molar-refractivity contribution in [2.45, 2.75) is 12.8 Å². The quantitative estimate of drug-likeness (QED) is 0.811. The highest BCUT2D eigenvalue weighted by Gasteiger charge is 2.30. The first-order valence-corrected chi connectivity index (χ1v) is 7.00. The van der Waals surface area contributed by atoms with Gasteiger partial charge >= 0.3 is 0 Å². The molecule has 3 heteroatoms. The molecule has 0 fully saturated rings. The van der Waals surface area contributed by atoms with Gasteiger partial charge in [0.05, 0.1) is 0 Å². The Bertz CT molecular complexity index is 651. The molecule has 19 heavy (non-hydrogen) atoms. The summed E-state index contributed by atoms with van der Waals surface area (Å²) in [4.78, 5) is 12.2. The van der Waals surface area contributed by atoms with Crippen molar-refractivity contribution in [1.29, 1.82) is 0 Å². The lowest BCUT2D eigenvalue weighted by atomic mass is 9.95. The monoisotopic (exact) mass is 318 g/mol. The average molecular weight is 319 g/mol. The van der Waals surface area contributed by atoms with E-state index in [4.69, 9.17) is 0 Å². The normalized spacial score (nSPS) is 17.6. The van der Waals surface area contributed by atoms with Crippen LogP contribution in [-0.2, 0) is 12.8 Å². The van der Waals surface area contributed by atoms with Gasteiger partial charge in [0.15, 0.2) is 5.78 Å². The first kappa shape index (κ1) is 12.5. The Labute approximate surface area is 119 Å². The number of hydrogen-bond acceptors (Lipinski definition) is 1. The lowest BCUT2D eigenvalue weighted by Gasteiger charge is -2.09. The number of carbonyl (C=O) groups excluding carboxylic acids is 1. The van der Waals surface area contributed by atoms with Gasteiger partial charge in [-0.15, -0.1) is 0 Å². The van der Waals surface area contributed by atoms with Gasteiger partial charge in [-0.25, -0.2) is 4.39 Å². The molecule has 0 bridgehead atoms. The van der Waals surface area contributed by atoms with E-state index in [1.165, 1.54) is 6.07 Å². The Kier molecular flexibility index (Phi) is 3.23. The van der Waals surface area contributed by atoms with E-state index in [2.05, 4.69) is 15.9 Å². The molecule has 0 radical (unpaired) electrons. The zero-order chi connectivity index (χ0) is 13.4. The summed E-state index contributed by atoms with van der Waals surface area (Å²) in [6.07, 6.45) is 1.18. The standard InChI is InChI=1S/C16H12BrFO/c17-13-6-5-11(15(18)9-13)8-12-7-10-3-1-2-4-14(10)16(12)19/h1-6,9,12H,7-8H2. The third-order valence-electron chi connectivity index (χ3n) is 3.60. The Morgan fingerprint density at radius 1 is 1.21 bits per heavy atom. The van der Waals surface area contributed by atoms with Crippen molar-refractivity contribution >= 4 is 21.7 Å². The van der Waals surface area contributed by atoms with Crippen molar-refractivity contribution in [3.05, 3.63) is 69.4 Å². The van der Waals surface area contributed by atoms with Crippen LogP contribution in [0.1, 0.15) is 21.5 Å². The lowest BCUT2D eigenvalue weighted by Crippen LogP contribution is -2.13. The summed E-state index contributed by atoms with van der Waals surface area (Å²) in [6.45, 7) is 0. The SMILES string of the molecule is O=C1c2ccccc2CC1Cc1ccc(Br)cc1F. The Morgan fingerprint density at radius 2 is 2.00 bits per heavy atom. The van der Waals surface area contributed by atoms with E-state index in [0.29, 0.717) is 18.4 Å². The highest BCUT2D eigenvalue weighted by Crippen LogP contribution is 2.30. The van der Waals surface area contributed by atoms with Crippen LogP contribution in [0.3, 0.4) is 0 Å². The number of benzene rings is 2. The molecule has 0 spiro atoms. The van der Waals surface area contributed by atoms with Crippen molar-refractivity contribution in [2.75, 3.05) is 0 Å². The molecule has 1 atom stereocenters. The van der Waals surface area contributed by atoms with Crippen LogP contribution in [-0.4, -0.2) is 5.78 Å². The van der Waals surface area contributed by atoms with Crippen molar-refractivity contribution < 1.29 is 9.18 Å². The minimum atomic E-state index is -0.252. The summed E-state index contributed by atoms with van der Waals surface area (Å²) in [5.74, 6) is -0.246. The van der Waals surface area contributed by atoms with Crippen LogP contribution in [0.5, 0.6) is 0 Å². The van der Waals surface area contributed by atoms with Crippen molar-refractivity contribution in [3.8, 4) is 0 Å². The lowest BCUT2D eigenvalue weighted by molar-refractivity contribution is 0.0936. The van der Waals surface area contributed by atoms with Crippen LogP contribution >= 0.6 is 15.9 Å². The number of fused-ring (bicyclic) bond motifs is 1. The molecule has 96 valence electrons. The summed E-state index contributed by atoms with van der Waals surface area (Å²) in [5.41, 5.74) is 2.48. The first-order chi connectivity index (χ1) is 9.15. The fourth-order valence-corrected chi connectivity index (χ4v) is 2.97. The maximum atomic E-state index is 13.8. The van der Waals surface area contributed by atoms with E-state index in [1.807, 2.05) is 30.3 Å². The van der Waals surface area contributed by atoms with E-state index in [9.17, 15) is 9.18 Å². The number of hydrogen-bond donors (Lipinski definition) is 0. The second-order valence-electron chi connectivity index (χ2n) is 4.86. The minimum Gasteiger partial charge on any atom is -0.294 e. The van der Waals surface area contributed by atoms with Gasteiger partial charge in [-0.05, 0) is 36.1 Å². The molecule has 0 saturated heterocycles. The van der Waals surface area contributed by atoms with Crippen molar-refractivity contribution in [1.82, 2.24) is 0 Å². The fourth-order valence-electron chi connectivity index (χ4n) is 2.63. The van der Waals surface area contributed by atoms with Gasteiger partial charge in [-0.1, -0.05) is 46.3 Å². The van der Waals surface area contributed by atoms with E-state index in [0.717, 1.165) is 15.6 Å². The molecular weight excluding hydrogens is 307 g/mol. The summed E-state index contributed by atoms with van der Waals surface area (Å²) in [7, 11) is 0. The third-order valence-corrected chi connectivity index (χ3v) is 4.09. The molecule has 0 saturated carbocycles. The summed E-state index contributed by atoms with van der Waals surface area (Å²) in [6, 6.07) is 12.7. The van der Waals surface area contributed by atoms with E-state index in [1.54, 1.807) is 6.07 Å². The largest absolute Gasteiger partial charge is 0.294 e. The molecule has 1 aliphatic rings. The van der Waals surface area contributed by atoms with Crippen LogP contribution in [0.15, 0.2) is 46.9 Å². The first-order valence-electron chi connectivity index (χ1n) is 6.21. The highest BCUT2D eigenvalue weighted by atomic mass is 79.9. The molecule has 1 aliphatic carbocycles. The van der Waals surface area contributed by atoms with Crippen LogP contribution < -0.4 is 0 Å². The van der Waals surface area contributed by atoms with Gasteiger partial charge in [-0.2, -0.15) is 0 Å². The number of halogens is 2. The Hall–Kier alpha value is -1.48. The molecule has 1 nitrogen and oxygen atoms in total. The van der Waals surface area contributed by atoms with Gasteiger partial charge in [0.1, 0.15) is 5.82 Å². The van der Waals surface area contributed by atoms with Crippen molar-refractivity contribution in [3.63, 3.8) is 0 Å². The number of carbonyl (C=O) groups is 1. The topological polar surface area (TPSA) is 17.1 Å². The zero-order valence-corrected chi connectivity index (χ0v) is 11.8. The second kappa shape index (κ2) is 4.89. The van der Waals surface area contributed by atoms with E-state index in [-0.39, 0.29) is 17.5 Å². The van der Waals surface area contributed by atoms with Crippen LogP contribution in [0.2, 0.25) is 0 Å². The Balaban J connectivity index is 1.85. The van der Waals surface area contributed by atoms with Gasteiger partial charge in [0.2, 0.25) is 0 Å². The van der Waals surface area contributed by atoms with Gasteiger partial charge in [0, 0.05) is 16.0 Å². The van der Waals surface area contributed by atoms with Gasteiger partial charge in [0.25, 0.3) is 0 Å². The fraction of sp³-hybridized carbons (Fsp3) is 0.188. The third kappa shape index (κ3) is 2.35. The predicted molar refractivity (Wildman–Crippen MR) is 75.8 cm³/mol. The molecule has 0 heterocycles. The molecular formula is C16H12BrFO. The number of rotatable bonds is 2. The van der Waals surface area contributed by atoms with Crippen molar-refractivity contribution in [2.24, 2.45) is 5.92 Å². The van der Waals surface area contributed by atoms with E-state index >= 15 is 0 Å². The maximum Gasteiger partial charge on any atom is 0.166 e. The zero-order valence-electron chi connectivity index (χ0n) is 10.2. The van der Waals surface area contributed by atoms with Crippen LogP contribution in [0.25, 0.3) is 0 Å². The highest BCUT2D eigenvalue weighted by molar-refractivity contribution is 9.10. The molecule has 0 amide bonds. The molecule has 3 rings (SSSR count). The molecule has 0 aliphatic heterocycles. The van der Waals surface area contributed by atoms with Gasteiger partial charge in [-0.3, -0.25) is 4.79 Å². The predicted octanol–water partition coefficient (Wildman–Crippen LogP) is 4.19. The Morgan fingerprint density at radius 3 is 2.74 bits per heavy atom. The minimum absolute atomic E-state index is 0.131. The molecule has 0 aromatic heterocycles. The smallest absolute Gasteiger partial charge is 0.166 e. The molecule has 2 aromatic carbocycles.